The van der Waals surface area contributed by atoms with Gasteiger partial charge in [-0.25, -0.2) is 0 Å². The summed E-state index contributed by atoms with van der Waals surface area (Å²) in [6.07, 6.45) is 2.81. The van der Waals surface area contributed by atoms with Crippen LogP contribution in [0.4, 0.5) is 0 Å². The summed E-state index contributed by atoms with van der Waals surface area (Å²) in [4.78, 5) is 11.0. The van der Waals surface area contributed by atoms with E-state index < -0.39 is 11.5 Å². The highest BCUT2D eigenvalue weighted by molar-refractivity contribution is 5.78. The lowest BCUT2D eigenvalue weighted by molar-refractivity contribution is -0.144. The fourth-order valence-electron chi connectivity index (χ4n) is 1.69. The normalized spacial score (nSPS) is 25.9. The molecule has 2 unspecified atom stereocenters. The second kappa shape index (κ2) is 5.47. The molecule has 0 bridgehead atoms. The van der Waals surface area contributed by atoms with E-state index in [4.69, 9.17) is 9.84 Å². The van der Waals surface area contributed by atoms with Crippen molar-refractivity contribution >= 4 is 5.97 Å². The van der Waals surface area contributed by atoms with Gasteiger partial charge in [-0.1, -0.05) is 6.92 Å². The predicted molar refractivity (Wildman–Crippen MR) is 57.9 cm³/mol. The molecular formula is C11H21NO3. The van der Waals surface area contributed by atoms with E-state index in [-0.39, 0.29) is 0 Å². The lowest BCUT2D eigenvalue weighted by Crippen LogP contribution is -2.51. The highest BCUT2D eigenvalue weighted by atomic mass is 16.5. The molecule has 1 heterocycles. The van der Waals surface area contributed by atoms with E-state index in [1.54, 1.807) is 6.92 Å². The monoisotopic (exact) mass is 215 g/mol. The lowest BCUT2D eigenvalue weighted by Gasteiger charge is -2.29. The maximum Gasteiger partial charge on any atom is 0.323 e. The largest absolute Gasteiger partial charge is 0.480 e. The molecule has 2 atom stereocenters. The molecule has 1 aliphatic heterocycles. The van der Waals surface area contributed by atoms with Crippen LogP contribution >= 0.6 is 0 Å². The van der Waals surface area contributed by atoms with Crippen molar-refractivity contribution < 1.29 is 14.6 Å². The van der Waals surface area contributed by atoms with Crippen molar-refractivity contribution in [3.63, 3.8) is 0 Å². The van der Waals surface area contributed by atoms with E-state index in [0.717, 1.165) is 32.6 Å². The molecule has 0 aromatic heterocycles. The third-order valence-corrected chi connectivity index (χ3v) is 3.21. The third-order valence-electron chi connectivity index (χ3n) is 3.21. The first kappa shape index (κ1) is 12.5. The Bertz CT molecular complexity index is 214. The summed E-state index contributed by atoms with van der Waals surface area (Å²) < 4.78 is 5.35. The highest BCUT2D eigenvalue weighted by Gasteiger charge is 2.31. The SMILES string of the molecule is CCC(C)(NCC1CCCOC1)C(=O)O. The molecule has 0 spiro atoms. The van der Waals surface area contributed by atoms with E-state index in [1.807, 2.05) is 6.92 Å². The van der Waals surface area contributed by atoms with Crippen LogP contribution in [0.5, 0.6) is 0 Å². The summed E-state index contributed by atoms with van der Waals surface area (Å²) in [6.45, 7) is 5.96. The van der Waals surface area contributed by atoms with Crippen molar-refractivity contribution in [2.45, 2.75) is 38.6 Å². The zero-order valence-electron chi connectivity index (χ0n) is 9.58. The molecule has 1 rings (SSSR count). The predicted octanol–water partition coefficient (Wildman–Crippen LogP) is 1.26. The van der Waals surface area contributed by atoms with Gasteiger partial charge in [0.2, 0.25) is 0 Å². The summed E-state index contributed by atoms with van der Waals surface area (Å²) >= 11 is 0. The molecule has 2 N–H and O–H groups in total. The molecule has 0 amide bonds. The number of ether oxygens (including phenoxy) is 1. The number of hydrogen-bond acceptors (Lipinski definition) is 3. The van der Waals surface area contributed by atoms with Gasteiger partial charge in [0.05, 0.1) is 6.61 Å². The minimum Gasteiger partial charge on any atom is -0.480 e. The molecule has 88 valence electrons. The van der Waals surface area contributed by atoms with Gasteiger partial charge in [0.15, 0.2) is 0 Å². The zero-order chi connectivity index (χ0) is 11.3. The fraction of sp³-hybridized carbons (Fsp3) is 0.909. The molecule has 1 aliphatic rings. The molecule has 0 saturated carbocycles. The van der Waals surface area contributed by atoms with E-state index in [2.05, 4.69) is 5.32 Å². The Morgan fingerprint density at radius 1 is 1.67 bits per heavy atom. The second-order valence-corrected chi connectivity index (χ2v) is 4.45. The molecule has 0 aromatic rings. The number of carboxylic acid groups (broad SMARTS) is 1. The second-order valence-electron chi connectivity index (χ2n) is 4.45. The van der Waals surface area contributed by atoms with E-state index in [1.165, 1.54) is 0 Å². The Hall–Kier alpha value is -0.610. The third kappa shape index (κ3) is 3.47. The number of carboxylic acids is 1. The Morgan fingerprint density at radius 3 is 2.87 bits per heavy atom. The van der Waals surface area contributed by atoms with Crippen molar-refractivity contribution in [2.75, 3.05) is 19.8 Å². The molecular weight excluding hydrogens is 194 g/mol. The van der Waals surface area contributed by atoms with E-state index in [0.29, 0.717) is 12.3 Å². The van der Waals surface area contributed by atoms with Gasteiger partial charge in [-0.05, 0) is 32.1 Å². The summed E-state index contributed by atoms with van der Waals surface area (Å²) in [5.41, 5.74) is -0.794. The molecule has 0 aromatic carbocycles. The standard InChI is InChI=1S/C11H21NO3/c1-3-11(2,10(13)14)12-7-9-5-4-6-15-8-9/h9,12H,3-8H2,1-2H3,(H,13,14). The molecule has 4 heteroatoms. The van der Waals surface area contributed by atoms with Gasteiger partial charge in [0.1, 0.15) is 5.54 Å². The van der Waals surface area contributed by atoms with Crippen LogP contribution in [0.1, 0.15) is 33.1 Å². The van der Waals surface area contributed by atoms with Crippen LogP contribution in [0.2, 0.25) is 0 Å². The minimum absolute atomic E-state index is 0.462. The van der Waals surface area contributed by atoms with E-state index >= 15 is 0 Å². The maximum absolute atomic E-state index is 11.0. The molecule has 1 saturated heterocycles. The Kier molecular flexibility index (Phi) is 4.54. The molecule has 1 fully saturated rings. The summed E-state index contributed by atoms with van der Waals surface area (Å²) in [5.74, 6) is -0.314. The lowest BCUT2D eigenvalue weighted by atomic mass is 9.96. The van der Waals surface area contributed by atoms with Crippen molar-refractivity contribution in [1.82, 2.24) is 5.32 Å². The topological polar surface area (TPSA) is 58.6 Å². The highest BCUT2D eigenvalue weighted by Crippen LogP contribution is 2.15. The van der Waals surface area contributed by atoms with Crippen molar-refractivity contribution in [2.24, 2.45) is 5.92 Å². The summed E-state index contributed by atoms with van der Waals surface area (Å²) in [6, 6.07) is 0. The van der Waals surface area contributed by atoms with Crippen molar-refractivity contribution in [3.8, 4) is 0 Å². The average Bonchev–Trinajstić information content (AvgIpc) is 2.27. The van der Waals surface area contributed by atoms with E-state index in [9.17, 15) is 4.79 Å². The zero-order valence-corrected chi connectivity index (χ0v) is 9.58. The van der Waals surface area contributed by atoms with Gasteiger partial charge < -0.3 is 15.2 Å². The van der Waals surface area contributed by atoms with Crippen LogP contribution in [0.3, 0.4) is 0 Å². The van der Waals surface area contributed by atoms with Gasteiger partial charge in [0, 0.05) is 13.2 Å². The Balaban J connectivity index is 2.36. The van der Waals surface area contributed by atoms with Crippen LogP contribution in [0, 0.1) is 5.92 Å². The Labute approximate surface area is 91.0 Å². The summed E-state index contributed by atoms with van der Waals surface area (Å²) in [7, 11) is 0. The van der Waals surface area contributed by atoms with Crippen LogP contribution < -0.4 is 5.32 Å². The fourth-order valence-corrected chi connectivity index (χ4v) is 1.69. The van der Waals surface area contributed by atoms with Crippen molar-refractivity contribution in [1.29, 1.82) is 0 Å². The first-order valence-electron chi connectivity index (χ1n) is 5.64. The molecule has 15 heavy (non-hydrogen) atoms. The van der Waals surface area contributed by atoms with Crippen LogP contribution in [0.25, 0.3) is 0 Å². The van der Waals surface area contributed by atoms with Gasteiger partial charge in [-0.3, -0.25) is 4.79 Å². The van der Waals surface area contributed by atoms with Gasteiger partial charge in [-0.15, -0.1) is 0 Å². The molecule has 0 aliphatic carbocycles. The maximum atomic E-state index is 11.0. The number of aliphatic carboxylic acids is 1. The van der Waals surface area contributed by atoms with Gasteiger partial charge >= 0.3 is 5.97 Å². The van der Waals surface area contributed by atoms with Crippen LogP contribution in [0.15, 0.2) is 0 Å². The van der Waals surface area contributed by atoms with Crippen LogP contribution in [-0.2, 0) is 9.53 Å². The summed E-state index contributed by atoms with van der Waals surface area (Å²) in [5, 5.41) is 12.2. The smallest absolute Gasteiger partial charge is 0.323 e. The number of hydrogen-bond donors (Lipinski definition) is 2. The van der Waals surface area contributed by atoms with Crippen LogP contribution in [-0.4, -0.2) is 36.4 Å². The van der Waals surface area contributed by atoms with Gasteiger partial charge in [-0.2, -0.15) is 0 Å². The molecule has 0 radical (unpaired) electrons. The minimum atomic E-state index is -0.794. The number of carbonyl (C=O) groups is 1. The number of rotatable bonds is 5. The van der Waals surface area contributed by atoms with Crippen molar-refractivity contribution in [3.05, 3.63) is 0 Å². The molecule has 4 nitrogen and oxygen atoms in total. The Morgan fingerprint density at radius 2 is 2.40 bits per heavy atom. The average molecular weight is 215 g/mol. The van der Waals surface area contributed by atoms with Gasteiger partial charge in [0.25, 0.3) is 0 Å². The first-order valence-corrected chi connectivity index (χ1v) is 5.64. The quantitative estimate of drug-likeness (QED) is 0.724. The first-order chi connectivity index (χ1) is 7.08. The number of nitrogens with one attached hydrogen (secondary N) is 1.